The summed E-state index contributed by atoms with van der Waals surface area (Å²) < 4.78 is 0. The summed E-state index contributed by atoms with van der Waals surface area (Å²) in [6.07, 6.45) is 1.56. The molecular formula is C19H20N4O3. The number of nitrogens with one attached hydrogen (secondary N) is 2. The Labute approximate surface area is 151 Å². The number of likely N-dealkylation sites (tertiary alicyclic amines) is 1. The smallest absolute Gasteiger partial charge is 0.270 e. The van der Waals surface area contributed by atoms with Crippen LogP contribution in [-0.4, -0.2) is 34.5 Å². The van der Waals surface area contributed by atoms with E-state index in [0.29, 0.717) is 11.3 Å². The predicted octanol–water partition coefficient (Wildman–Crippen LogP) is 2.74. The summed E-state index contributed by atoms with van der Waals surface area (Å²) in [7, 11) is 0. The molecule has 0 bridgehead atoms. The molecule has 2 aliphatic heterocycles. The molecule has 1 fully saturated rings. The summed E-state index contributed by atoms with van der Waals surface area (Å²) in [4.78, 5) is 25.3. The number of nitro groups is 1. The molecule has 1 saturated heterocycles. The van der Waals surface area contributed by atoms with Crippen molar-refractivity contribution in [3.8, 4) is 0 Å². The van der Waals surface area contributed by atoms with E-state index in [1.807, 2.05) is 18.2 Å². The second-order valence-electron chi connectivity index (χ2n) is 6.91. The van der Waals surface area contributed by atoms with Crippen LogP contribution < -0.4 is 10.6 Å². The Hall–Kier alpha value is -2.93. The largest absolute Gasteiger partial charge is 0.362 e. The van der Waals surface area contributed by atoms with Gasteiger partial charge in [-0.15, -0.1) is 0 Å². The molecule has 2 heterocycles. The summed E-state index contributed by atoms with van der Waals surface area (Å²) in [5.74, 6) is -0.251. The van der Waals surface area contributed by atoms with Crippen LogP contribution in [0.2, 0.25) is 0 Å². The van der Waals surface area contributed by atoms with Crippen molar-refractivity contribution in [2.24, 2.45) is 0 Å². The first-order valence-electron chi connectivity index (χ1n) is 8.70. The van der Waals surface area contributed by atoms with Crippen LogP contribution in [-0.2, 0) is 6.54 Å². The van der Waals surface area contributed by atoms with Crippen LogP contribution in [0.15, 0.2) is 48.5 Å². The third-order valence-corrected chi connectivity index (χ3v) is 5.14. The molecule has 0 aromatic heterocycles. The molecule has 0 unspecified atom stereocenters. The second kappa shape index (κ2) is 6.42. The van der Waals surface area contributed by atoms with Gasteiger partial charge in [-0.05, 0) is 11.6 Å². The normalized spacial score (nSPS) is 18.7. The lowest BCUT2D eigenvalue weighted by molar-refractivity contribution is -0.384. The molecule has 4 rings (SSSR count). The van der Waals surface area contributed by atoms with Gasteiger partial charge in [0.05, 0.1) is 10.5 Å². The van der Waals surface area contributed by atoms with E-state index in [2.05, 4.69) is 27.7 Å². The van der Waals surface area contributed by atoms with Gasteiger partial charge in [0.2, 0.25) is 0 Å². The van der Waals surface area contributed by atoms with E-state index in [1.165, 1.54) is 17.7 Å². The predicted molar refractivity (Wildman–Crippen MR) is 97.9 cm³/mol. The minimum absolute atomic E-state index is 0.0747. The molecule has 7 heteroatoms. The van der Waals surface area contributed by atoms with Crippen LogP contribution in [0.1, 0.15) is 28.8 Å². The van der Waals surface area contributed by atoms with E-state index in [4.69, 9.17) is 0 Å². The van der Waals surface area contributed by atoms with E-state index in [1.54, 1.807) is 6.07 Å². The first kappa shape index (κ1) is 16.5. The van der Waals surface area contributed by atoms with Crippen molar-refractivity contribution in [3.63, 3.8) is 0 Å². The number of anilines is 1. The van der Waals surface area contributed by atoms with Crippen molar-refractivity contribution in [3.05, 3.63) is 69.8 Å². The number of benzene rings is 2. The summed E-state index contributed by atoms with van der Waals surface area (Å²) >= 11 is 0. The van der Waals surface area contributed by atoms with Crippen molar-refractivity contribution < 1.29 is 9.72 Å². The Morgan fingerprint density at radius 1 is 1.08 bits per heavy atom. The average molecular weight is 352 g/mol. The molecule has 26 heavy (non-hydrogen) atoms. The highest BCUT2D eigenvalue weighted by Gasteiger charge is 2.40. The van der Waals surface area contributed by atoms with Crippen molar-refractivity contribution in [2.75, 3.05) is 18.4 Å². The molecule has 0 radical (unpaired) electrons. The SMILES string of the molecule is O=C1NC2(CCN(Cc3ccccc3)CC2)Nc2ccc([N+](=O)[O-])cc21. The van der Waals surface area contributed by atoms with Crippen LogP contribution in [0.25, 0.3) is 0 Å². The lowest BCUT2D eigenvalue weighted by Gasteiger charge is -2.45. The molecule has 0 atom stereocenters. The quantitative estimate of drug-likeness (QED) is 0.655. The van der Waals surface area contributed by atoms with Gasteiger partial charge < -0.3 is 10.6 Å². The molecule has 2 N–H and O–H groups in total. The highest BCUT2D eigenvalue weighted by molar-refractivity contribution is 6.02. The summed E-state index contributed by atoms with van der Waals surface area (Å²) in [6, 6.07) is 14.7. The first-order chi connectivity index (χ1) is 12.5. The van der Waals surface area contributed by atoms with Gasteiger partial charge in [0.1, 0.15) is 5.66 Å². The summed E-state index contributed by atoms with van der Waals surface area (Å²) in [6.45, 7) is 2.63. The maximum Gasteiger partial charge on any atom is 0.270 e. The highest BCUT2D eigenvalue weighted by Crippen LogP contribution is 2.33. The van der Waals surface area contributed by atoms with Crippen LogP contribution in [0, 0.1) is 10.1 Å². The van der Waals surface area contributed by atoms with Gasteiger partial charge in [-0.25, -0.2) is 0 Å². The van der Waals surface area contributed by atoms with Crippen molar-refractivity contribution in [2.45, 2.75) is 25.0 Å². The zero-order chi connectivity index (χ0) is 18.1. The van der Waals surface area contributed by atoms with Gasteiger partial charge in [-0.2, -0.15) is 0 Å². The molecule has 2 aromatic rings. The van der Waals surface area contributed by atoms with Crippen molar-refractivity contribution in [1.82, 2.24) is 10.2 Å². The van der Waals surface area contributed by atoms with E-state index < -0.39 is 10.6 Å². The third-order valence-electron chi connectivity index (χ3n) is 5.14. The topological polar surface area (TPSA) is 87.5 Å². The number of nitrogens with zero attached hydrogens (tertiary/aromatic N) is 2. The highest BCUT2D eigenvalue weighted by atomic mass is 16.6. The van der Waals surface area contributed by atoms with Gasteiger partial charge in [0, 0.05) is 50.3 Å². The Morgan fingerprint density at radius 3 is 2.50 bits per heavy atom. The number of hydrogen-bond donors (Lipinski definition) is 2. The third kappa shape index (κ3) is 3.13. The van der Waals surface area contributed by atoms with Crippen LogP contribution in [0.5, 0.6) is 0 Å². The fourth-order valence-electron chi connectivity index (χ4n) is 3.70. The van der Waals surface area contributed by atoms with Gasteiger partial charge >= 0.3 is 0 Å². The van der Waals surface area contributed by atoms with Crippen molar-refractivity contribution in [1.29, 1.82) is 0 Å². The number of piperidine rings is 1. The minimum Gasteiger partial charge on any atom is -0.362 e. The van der Waals surface area contributed by atoms with Gasteiger partial charge in [0.15, 0.2) is 0 Å². The van der Waals surface area contributed by atoms with Gasteiger partial charge in [-0.1, -0.05) is 30.3 Å². The van der Waals surface area contributed by atoms with Crippen LogP contribution in [0.4, 0.5) is 11.4 Å². The number of non-ortho nitro benzene ring substituents is 1. The Balaban J connectivity index is 1.46. The number of amides is 1. The molecule has 2 aromatic carbocycles. The zero-order valence-electron chi connectivity index (χ0n) is 14.3. The Bertz CT molecular complexity index is 845. The summed E-state index contributed by atoms with van der Waals surface area (Å²) in [5.41, 5.74) is 1.72. The Kier molecular flexibility index (Phi) is 4.08. The molecule has 2 aliphatic rings. The number of nitro benzene ring substituents is 1. The fraction of sp³-hybridized carbons (Fsp3) is 0.316. The maximum absolute atomic E-state index is 12.5. The molecule has 1 spiro atoms. The van der Waals surface area contributed by atoms with Gasteiger partial charge in [0.25, 0.3) is 11.6 Å². The zero-order valence-corrected chi connectivity index (χ0v) is 14.3. The van der Waals surface area contributed by atoms with Crippen LogP contribution in [0.3, 0.4) is 0 Å². The van der Waals surface area contributed by atoms with Gasteiger partial charge in [-0.3, -0.25) is 19.8 Å². The number of fused-ring (bicyclic) bond motifs is 1. The molecule has 134 valence electrons. The first-order valence-corrected chi connectivity index (χ1v) is 8.70. The van der Waals surface area contributed by atoms with E-state index in [9.17, 15) is 14.9 Å². The average Bonchev–Trinajstić information content (AvgIpc) is 2.64. The monoisotopic (exact) mass is 352 g/mol. The number of carbonyl (C=O) groups is 1. The van der Waals surface area contributed by atoms with E-state index in [0.717, 1.165) is 32.5 Å². The molecule has 1 amide bonds. The number of rotatable bonds is 3. The van der Waals surface area contributed by atoms with Crippen molar-refractivity contribution >= 4 is 17.3 Å². The fourth-order valence-corrected chi connectivity index (χ4v) is 3.70. The van der Waals surface area contributed by atoms with Crippen LogP contribution >= 0.6 is 0 Å². The van der Waals surface area contributed by atoms with E-state index in [-0.39, 0.29) is 11.6 Å². The van der Waals surface area contributed by atoms with E-state index >= 15 is 0 Å². The molecule has 0 saturated carbocycles. The standard InChI is InChI=1S/C19H20N4O3/c24-18-16-12-15(23(25)26)6-7-17(16)20-19(21-18)8-10-22(11-9-19)13-14-4-2-1-3-5-14/h1-7,12,20H,8-11,13H2,(H,21,24). The molecular weight excluding hydrogens is 332 g/mol. The lowest BCUT2D eigenvalue weighted by atomic mass is 9.92. The molecule has 7 nitrogen and oxygen atoms in total. The Morgan fingerprint density at radius 2 is 1.81 bits per heavy atom. The second-order valence-corrected chi connectivity index (χ2v) is 6.91. The number of hydrogen-bond acceptors (Lipinski definition) is 5. The lowest BCUT2D eigenvalue weighted by Crippen LogP contribution is -2.62. The molecule has 0 aliphatic carbocycles. The minimum atomic E-state index is -0.486. The maximum atomic E-state index is 12.5. The summed E-state index contributed by atoms with van der Waals surface area (Å²) in [5, 5.41) is 17.4. The number of carbonyl (C=O) groups excluding carboxylic acids is 1.